The molecule has 0 unspecified atom stereocenters. The lowest BCUT2D eigenvalue weighted by molar-refractivity contribution is -0.226. The Morgan fingerprint density at radius 3 is 2.14 bits per heavy atom. The number of sulfonamides is 1. The van der Waals surface area contributed by atoms with Gasteiger partial charge in [-0.15, -0.1) is 0 Å². The Hall–Kier alpha value is -0.790. The van der Waals surface area contributed by atoms with E-state index in [2.05, 4.69) is 4.40 Å². The van der Waals surface area contributed by atoms with Gasteiger partial charge in [-0.25, -0.2) is 0 Å². The first kappa shape index (κ1) is 11.3. The molecule has 8 heteroatoms. The zero-order valence-electron chi connectivity index (χ0n) is 6.91. The fourth-order valence-electron chi connectivity index (χ4n) is 0.900. The van der Waals surface area contributed by atoms with Gasteiger partial charge >= 0.3 is 15.5 Å². The molecule has 1 saturated carbocycles. The van der Waals surface area contributed by atoms with Gasteiger partial charge < -0.3 is 5.11 Å². The van der Waals surface area contributed by atoms with Gasteiger partial charge in [-0.3, -0.25) is 0 Å². The smallest absolute Gasteiger partial charge is 0.518 e. The highest BCUT2D eigenvalue weighted by Gasteiger charge is 2.46. The second-order valence-electron chi connectivity index (χ2n) is 2.98. The number of rotatable bonds is 2. The van der Waals surface area contributed by atoms with Gasteiger partial charge in [-0.05, 0) is 24.7 Å². The maximum Gasteiger partial charge on any atom is 0.518 e. The van der Waals surface area contributed by atoms with Crippen molar-refractivity contribution in [2.75, 3.05) is 0 Å². The molecule has 1 aliphatic rings. The van der Waals surface area contributed by atoms with Crippen LogP contribution in [0, 0.1) is 5.92 Å². The maximum absolute atomic E-state index is 11.7. The number of alkyl halides is 3. The minimum Gasteiger partial charge on any atom is -0.861 e. The van der Waals surface area contributed by atoms with Crippen LogP contribution in [0.4, 0.5) is 13.2 Å². The van der Waals surface area contributed by atoms with Crippen molar-refractivity contribution in [2.45, 2.75) is 24.8 Å². The summed E-state index contributed by atoms with van der Waals surface area (Å²) >= 11 is 0. The molecule has 0 atom stereocenters. The third kappa shape index (κ3) is 2.17. The molecule has 0 heterocycles. The summed E-state index contributed by atoms with van der Waals surface area (Å²) in [6, 6.07) is 0. The third-order valence-corrected chi connectivity index (χ3v) is 2.96. The van der Waals surface area contributed by atoms with Crippen LogP contribution in [0.1, 0.15) is 19.3 Å². The molecule has 1 aliphatic carbocycles. The lowest BCUT2D eigenvalue weighted by Crippen LogP contribution is -2.35. The van der Waals surface area contributed by atoms with Crippen LogP contribution in [0.3, 0.4) is 0 Å². The molecule has 0 aliphatic heterocycles. The van der Waals surface area contributed by atoms with Crippen LogP contribution >= 0.6 is 0 Å². The fourth-order valence-corrected chi connectivity index (χ4v) is 1.39. The van der Waals surface area contributed by atoms with Gasteiger partial charge in [0.2, 0.25) is 0 Å². The molecule has 1 fully saturated rings. The standard InChI is InChI=1S/C6H8F3NO3S/c7-6(8,9)14(12,13)10-5(11)4-2-1-3-4/h4H,1-3H2,(H,10,11)/p-1. The molecule has 0 N–H and O–H groups in total. The van der Waals surface area contributed by atoms with Crippen LogP contribution in [0.5, 0.6) is 0 Å². The summed E-state index contributed by atoms with van der Waals surface area (Å²) in [5.74, 6) is -1.83. The Morgan fingerprint density at radius 1 is 1.36 bits per heavy atom. The molecule has 0 bridgehead atoms. The summed E-state index contributed by atoms with van der Waals surface area (Å²) in [4.78, 5) is 0. The Morgan fingerprint density at radius 2 is 1.86 bits per heavy atom. The monoisotopic (exact) mass is 230 g/mol. The van der Waals surface area contributed by atoms with Crippen molar-refractivity contribution in [1.29, 1.82) is 0 Å². The number of hydrogen-bond donors (Lipinski definition) is 0. The van der Waals surface area contributed by atoms with E-state index in [4.69, 9.17) is 0 Å². The second kappa shape index (κ2) is 3.41. The molecule has 14 heavy (non-hydrogen) atoms. The molecule has 0 saturated heterocycles. The normalized spacial score (nSPS) is 20.6. The molecule has 0 aromatic heterocycles. The van der Waals surface area contributed by atoms with Crippen molar-refractivity contribution in [1.82, 2.24) is 0 Å². The van der Waals surface area contributed by atoms with Crippen LogP contribution in [-0.2, 0) is 10.0 Å². The molecular weight excluding hydrogens is 223 g/mol. The Kier molecular flexibility index (Phi) is 2.75. The van der Waals surface area contributed by atoms with Crippen LogP contribution in [-0.4, -0.2) is 19.8 Å². The molecule has 0 spiro atoms. The molecule has 0 radical (unpaired) electrons. The van der Waals surface area contributed by atoms with E-state index in [1.165, 1.54) is 0 Å². The molecule has 0 amide bonds. The highest BCUT2D eigenvalue weighted by molar-refractivity contribution is 7.91. The van der Waals surface area contributed by atoms with Gasteiger partial charge in [0, 0.05) is 0 Å². The van der Waals surface area contributed by atoms with Crippen LogP contribution in [0.2, 0.25) is 0 Å². The van der Waals surface area contributed by atoms with Crippen molar-refractivity contribution >= 4 is 15.9 Å². The van der Waals surface area contributed by atoms with Gasteiger partial charge in [0.05, 0.1) is 0 Å². The first-order chi connectivity index (χ1) is 6.24. The van der Waals surface area contributed by atoms with Crippen molar-refractivity contribution < 1.29 is 26.7 Å². The molecule has 82 valence electrons. The molecular formula is C6H7F3NO3S-. The van der Waals surface area contributed by atoms with E-state index >= 15 is 0 Å². The lowest BCUT2D eigenvalue weighted by atomic mass is 9.85. The largest absolute Gasteiger partial charge is 0.861 e. The van der Waals surface area contributed by atoms with Crippen LogP contribution in [0.15, 0.2) is 4.40 Å². The predicted octanol–water partition coefficient (Wildman–Crippen LogP) is 0.395. The minimum atomic E-state index is -5.64. The zero-order chi connectivity index (χ0) is 11.0. The van der Waals surface area contributed by atoms with Crippen LogP contribution in [0.25, 0.3) is 0 Å². The topological polar surface area (TPSA) is 69.6 Å². The van der Waals surface area contributed by atoms with E-state index < -0.39 is 27.3 Å². The fraction of sp³-hybridized carbons (Fsp3) is 0.833. The number of nitrogens with zero attached hydrogens (tertiary/aromatic N) is 1. The van der Waals surface area contributed by atoms with E-state index in [1.54, 1.807) is 0 Å². The molecule has 0 aromatic carbocycles. The van der Waals surface area contributed by atoms with Crippen LogP contribution < -0.4 is 5.11 Å². The van der Waals surface area contributed by atoms with Crippen molar-refractivity contribution in [3.05, 3.63) is 0 Å². The quantitative estimate of drug-likeness (QED) is 0.509. The minimum absolute atomic E-state index is 0.412. The predicted molar refractivity (Wildman–Crippen MR) is 39.8 cm³/mol. The third-order valence-electron chi connectivity index (χ3n) is 1.96. The van der Waals surface area contributed by atoms with Gasteiger partial charge in [-0.1, -0.05) is 6.42 Å². The van der Waals surface area contributed by atoms with Gasteiger partial charge in [0.1, 0.15) is 0 Å². The molecule has 1 rings (SSSR count). The van der Waals surface area contributed by atoms with Gasteiger partial charge in [-0.2, -0.15) is 26.0 Å². The maximum atomic E-state index is 11.7. The summed E-state index contributed by atoms with van der Waals surface area (Å²) in [7, 11) is -5.64. The SMILES string of the molecule is O=S(=O)(/N=C(\[O-])C1CCC1)C(F)(F)F. The first-order valence-corrected chi connectivity index (χ1v) is 5.26. The van der Waals surface area contributed by atoms with Crippen molar-refractivity contribution in [2.24, 2.45) is 10.3 Å². The first-order valence-electron chi connectivity index (χ1n) is 3.82. The van der Waals surface area contributed by atoms with E-state index in [-0.39, 0.29) is 0 Å². The summed E-state index contributed by atoms with van der Waals surface area (Å²) in [5.41, 5.74) is -5.48. The summed E-state index contributed by atoms with van der Waals surface area (Å²) in [6.07, 6.45) is 1.55. The Bertz CT molecular complexity index is 342. The number of hydrogen-bond acceptors (Lipinski definition) is 3. The summed E-state index contributed by atoms with van der Waals surface area (Å²) in [6.45, 7) is 0. The summed E-state index contributed by atoms with van der Waals surface area (Å²) < 4.78 is 58.2. The van der Waals surface area contributed by atoms with E-state index in [0.717, 1.165) is 6.42 Å². The van der Waals surface area contributed by atoms with E-state index in [0.29, 0.717) is 12.8 Å². The highest BCUT2D eigenvalue weighted by Crippen LogP contribution is 2.29. The Balaban J connectivity index is 2.85. The second-order valence-corrected chi connectivity index (χ2v) is 4.57. The summed E-state index contributed by atoms with van der Waals surface area (Å²) in [5, 5.41) is 10.8. The zero-order valence-corrected chi connectivity index (χ0v) is 7.73. The molecule has 0 aromatic rings. The van der Waals surface area contributed by atoms with Crippen molar-refractivity contribution in [3.8, 4) is 0 Å². The number of halogens is 3. The van der Waals surface area contributed by atoms with Gasteiger partial charge in [0.15, 0.2) is 0 Å². The van der Waals surface area contributed by atoms with E-state index in [9.17, 15) is 26.7 Å². The van der Waals surface area contributed by atoms with Gasteiger partial charge in [0.25, 0.3) is 0 Å². The average Bonchev–Trinajstić information content (AvgIpc) is 1.76. The Labute approximate surface area is 78.5 Å². The van der Waals surface area contributed by atoms with Crippen molar-refractivity contribution in [3.63, 3.8) is 0 Å². The van der Waals surface area contributed by atoms with E-state index in [1.807, 2.05) is 0 Å². The molecule has 4 nitrogen and oxygen atoms in total. The lowest BCUT2D eigenvalue weighted by Gasteiger charge is -2.29. The highest BCUT2D eigenvalue weighted by atomic mass is 32.2. The average molecular weight is 230 g/mol.